The van der Waals surface area contributed by atoms with Gasteiger partial charge in [-0.05, 0) is 44.9 Å². The number of benzene rings is 1. The van der Waals surface area contributed by atoms with Crippen LogP contribution >= 0.6 is 11.6 Å². The number of ether oxygens (including phenoxy) is 4. The highest BCUT2D eigenvalue weighted by atomic mass is 35.5. The van der Waals surface area contributed by atoms with Crippen LogP contribution in [-0.2, 0) is 14.2 Å². The predicted octanol–water partition coefficient (Wildman–Crippen LogP) is 3.29. The molecule has 5 heterocycles. The molecular formula is C27H32ClN5O6. The number of anilines is 1. The summed E-state index contributed by atoms with van der Waals surface area (Å²) in [6, 6.07) is 10.3. The molecule has 208 valence electrons. The van der Waals surface area contributed by atoms with Gasteiger partial charge in [0.15, 0.2) is 11.8 Å². The lowest BCUT2D eigenvalue weighted by atomic mass is 10.0. The number of piperidine rings is 1. The number of hydrogen-bond donors (Lipinski definition) is 3. The third kappa shape index (κ3) is 5.49. The molecule has 3 saturated heterocycles. The second-order valence-corrected chi connectivity index (χ2v) is 10.9. The van der Waals surface area contributed by atoms with Crippen LogP contribution in [0.25, 0.3) is 22.4 Å². The summed E-state index contributed by atoms with van der Waals surface area (Å²) >= 11 is 6.61. The number of fused-ring (bicyclic) bond motifs is 2. The van der Waals surface area contributed by atoms with Crippen LogP contribution < -0.4 is 15.0 Å². The van der Waals surface area contributed by atoms with Gasteiger partial charge in [0.25, 0.3) is 6.01 Å². The van der Waals surface area contributed by atoms with E-state index in [1.807, 2.05) is 26.0 Å². The summed E-state index contributed by atoms with van der Waals surface area (Å²) in [5.41, 5.74) is 3.76. The van der Waals surface area contributed by atoms with Crippen LogP contribution in [0.1, 0.15) is 26.7 Å². The highest BCUT2D eigenvalue weighted by Gasteiger charge is 2.48. The number of amides is 1. The molecule has 3 aliphatic rings. The number of aliphatic hydroxyl groups is 1. The zero-order chi connectivity index (χ0) is 27.1. The first-order chi connectivity index (χ1) is 18.8. The monoisotopic (exact) mass is 557 g/mol. The third-order valence-corrected chi connectivity index (χ3v) is 7.60. The van der Waals surface area contributed by atoms with E-state index in [0.29, 0.717) is 34.5 Å². The maximum absolute atomic E-state index is 11.9. The number of pyridine rings is 1. The number of hydrogen-bond acceptors (Lipinski definition) is 9. The van der Waals surface area contributed by atoms with E-state index in [-0.39, 0.29) is 43.2 Å². The van der Waals surface area contributed by atoms with Crippen LogP contribution in [0.4, 0.5) is 10.5 Å². The molecule has 1 aromatic carbocycles. The SMILES string of the molecule is CC(C)OC(=O)NC1CCN(c2ccc(-c3nc4nc(OC5COC6C(O)COC56)[nH]c4cc3Cl)cc2)CC1. The molecule has 0 aliphatic carbocycles. The maximum atomic E-state index is 11.9. The van der Waals surface area contributed by atoms with Crippen LogP contribution in [-0.4, -0.2) is 89.0 Å². The largest absolute Gasteiger partial charge is 0.456 e. The van der Waals surface area contributed by atoms with Gasteiger partial charge in [-0.2, -0.15) is 4.98 Å². The molecule has 3 N–H and O–H groups in total. The first kappa shape index (κ1) is 26.1. The molecule has 2 aromatic heterocycles. The third-order valence-electron chi connectivity index (χ3n) is 7.32. The summed E-state index contributed by atoms with van der Waals surface area (Å²) in [5.74, 6) is 0. The summed E-state index contributed by atoms with van der Waals surface area (Å²) in [7, 11) is 0. The van der Waals surface area contributed by atoms with Crippen molar-refractivity contribution in [2.24, 2.45) is 0 Å². The standard InChI is InChI=1S/C27H32ClN5O6/c1-14(2)38-27(35)29-16-7-9-33(10-8-16)17-5-3-15(4-6-17)22-18(28)11-19-25(31-22)32-26(30-19)39-21-13-37-23-20(34)12-36-24(21)23/h3-6,11,14,16,20-21,23-24,34H,7-10,12-13H2,1-2H3,(H,29,35)(H,30,31,32). The van der Waals surface area contributed by atoms with Gasteiger partial charge in [0, 0.05) is 30.4 Å². The molecular weight excluding hydrogens is 526 g/mol. The number of H-pyrrole nitrogens is 1. The molecule has 1 amide bonds. The van der Waals surface area contributed by atoms with Crippen LogP contribution in [0.2, 0.25) is 5.02 Å². The summed E-state index contributed by atoms with van der Waals surface area (Å²) < 4.78 is 22.4. The highest BCUT2D eigenvalue weighted by molar-refractivity contribution is 6.33. The van der Waals surface area contributed by atoms with Crippen molar-refractivity contribution in [2.75, 3.05) is 31.2 Å². The number of nitrogens with one attached hydrogen (secondary N) is 2. The zero-order valence-electron chi connectivity index (χ0n) is 21.8. The zero-order valence-corrected chi connectivity index (χ0v) is 22.6. The van der Waals surface area contributed by atoms with Crippen molar-refractivity contribution in [1.29, 1.82) is 0 Å². The normalized spacial score (nSPS) is 25.3. The minimum Gasteiger partial charge on any atom is -0.456 e. The van der Waals surface area contributed by atoms with E-state index in [1.165, 1.54) is 0 Å². The second-order valence-electron chi connectivity index (χ2n) is 10.5. The van der Waals surface area contributed by atoms with Gasteiger partial charge in [-0.1, -0.05) is 23.7 Å². The fraction of sp³-hybridized carbons (Fsp3) is 0.519. The van der Waals surface area contributed by atoms with Crippen molar-refractivity contribution < 1.29 is 28.8 Å². The van der Waals surface area contributed by atoms with Crippen LogP contribution in [0.15, 0.2) is 30.3 Å². The summed E-state index contributed by atoms with van der Waals surface area (Å²) in [4.78, 5) is 26.5. The fourth-order valence-electron chi connectivity index (χ4n) is 5.37. The number of halogens is 1. The van der Waals surface area contributed by atoms with E-state index in [2.05, 4.69) is 32.3 Å². The van der Waals surface area contributed by atoms with Gasteiger partial charge in [0.05, 0.1) is 35.6 Å². The molecule has 4 atom stereocenters. The Morgan fingerprint density at radius 2 is 1.90 bits per heavy atom. The number of aromatic nitrogens is 3. The Labute approximate surface area is 230 Å². The molecule has 12 heteroatoms. The Kier molecular flexibility index (Phi) is 7.23. The number of alkyl carbamates (subject to hydrolysis) is 1. The molecule has 4 unspecified atom stereocenters. The van der Waals surface area contributed by atoms with E-state index in [9.17, 15) is 9.90 Å². The quantitative estimate of drug-likeness (QED) is 0.418. The van der Waals surface area contributed by atoms with E-state index in [0.717, 1.165) is 37.2 Å². The second kappa shape index (κ2) is 10.8. The van der Waals surface area contributed by atoms with Crippen molar-refractivity contribution in [1.82, 2.24) is 20.3 Å². The topological polar surface area (TPSA) is 131 Å². The summed E-state index contributed by atoms with van der Waals surface area (Å²) in [5, 5.41) is 13.4. The lowest BCUT2D eigenvalue weighted by Gasteiger charge is -2.34. The van der Waals surface area contributed by atoms with Gasteiger partial charge in [0.2, 0.25) is 0 Å². The first-order valence-electron chi connectivity index (χ1n) is 13.3. The molecule has 0 radical (unpaired) electrons. The van der Waals surface area contributed by atoms with Crippen molar-refractivity contribution in [3.8, 4) is 17.3 Å². The molecule has 0 saturated carbocycles. The number of aromatic amines is 1. The number of carbonyl (C=O) groups excluding carboxylic acids is 1. The lowest BCUT2D eigenvalue weighted by molar-refractivity contribution is 0.00706. The van der Waals surface area contributed by atoms with Gasteiger partial charge in [-0.15, -0.1) is 0 Å². The fourth-order valence-corrected chi connectivity index (χ4v) is 5.63. The molecule has 6 rings (SSSR count). The average molecular weight is 558 g/mol. The van der Waals surface area contributed by atoms with Gasteiger partial charge in [-0.3, -0.25) is 0 Å². The van der Waals surface area contributed by atoms with Gasteiger partial charge in [-0.25, -0.2) is 9.78 Å². The number of imidazole rings is 1. The van der Waals surface area contributed by atoms with Crippen LogP contribution in [0.3, 0.4) is 0 Å². The molecule has 3 fully saturated rings. The number of nitrogens with zero attached hydrogens (tertiary/aromatic N) is 3. The summed E-state index contributed by atoms with van der Waals surface area (Å²) in [6.07, 6.45) is -0.502. The molecule has 0 bridgehead atoms. The highest BCUT2D eigenvalue weighted by Crippen LogP contribution is 2.33. The van der Waals surface area contributed by atoms with Crippen LogP contribution in [0.5, 0.6) is 6.01 Å². The molecule has 3 aliphatic heterocycles. The van der Waals surface area contributed by atoms with Gasteiger partial charge >= 0.3 is 6.09 Å². The number of rotatable bonds is 6. The van der Waals surface area contributed by atoms with E-state index >= 15 is 0 Å². The summed E-state index contributed by atoms with van der Waals surface area (Å²) in [6.45, 7) is 5.91. The Hall–Kier alpha value is -3.12. The van der Waals surface area contributed by atoms with Gasteiger partial charge < -0.3 is 39.3 Å². The van der Waals surface area contributed by atoms with Crippen molar-refractivity contribution in [3.63, 3.8) is 0 Å². The van der Waals surface area contributed by atoms with E-state index in [4.69, 9.17) is 35.5 Å². The minimum atomic E-state index is -0.641. The molecule has 0 spiro atoms. The Bertz CT molecular complexity index is 1330. The van der Waals surface area contributed by atoms with E-state index < -0.39 is 6.10 Å². The predicted molar refractivity (Wildman–Crippen MR) is 144 cm³/mol. The van der Waals surface area contributed by atoms with Gasteiger partial charge in [0.1, 0.15) is 18.3 Å². The minimum absolute atomic E-state index is 0.115. The Balaban J connectivity index is 1.10. The molecule has 3 aromatic rings. The Morgan fingerprint density at radius 3 is 2.64 bits per heavy atom. The Morgan fingerprint density at radius 1 is 1.15 bits per heavy atom. The molecule has 39 heavy (non-hydrogen) atoms. The van der Waals surface area contributed by atoms with E-state index in [1.54, 1.807) is 6.07 Å². The maximum Gasteiger partial charge on any atom is 0.407 e. The van der Waals surface area contributed by atoms with Crippen LogP contribution in [0, 0.1) is 0 Å². The van der Waals surface area contributed by atoms with Crippen molar-refractivity contribution >= 4 is 34.5 Å². The van der Waals surface area contributed by atoms with Crippen molar-refractivity contribution in [3.05, 3.63) is 35.4 Å². The smallest absolute Gasteiger partial charge is 0.407 e. The molecule has 11 nitrogen and oxygen atoms in total. The number of carbonyl (C=O) groups is 1. The van der Waals surface area contributed by atoms with Crippen molar-refractivity contribution in [2.45, 2.75) is 63.3 Å². The first-order valence-corrected chi connectivity index (χ1v) is 13.7. The lowest BCUT2D eigenvalue weighted by Crippen LogP contribution is -2.45. The number of aliphatic hydroxyl groups excluding tert-OH is 1. The average Bonchev–Trinajstić information content (AvgIpc) is 3.60.